The maximum Gasteiger partial charge on any atom is 0.306 e. The van der Waals surface area contributed by atoms with Crippen LogP contribution in [0.5, 0.6) is 0 Å². The zero-order chi connectivity index (χ0) is 16.4. The topological polar surface area (TPSA) is 83.6 Å². The van der Waals surface area contributed by atoms with Gasteiger partial charge >= 0.3 is 5.97 Å². The van der Waals surface area contributed by atoms with E-state index in [2.05, 4.69) is 4.98 Å². The fraction of sp³-hybridized carbons (Fsp3) is 0.353. The molecule has 1 aromatic carbocycles. The molecule has 6 heteroatoms. The van der Waals surface area contributed by atoms with Crippen LogP contribution >= 0.6 is 0 Å². The summed E-state index contributed by atoms with van der Waals surface area (Å²) in [5, 5.41) is 9.15. The highest BCUT2D eigenvalue weighted by Gasteiger charge is 2.34. The third-order valence-electron chi connectivity index (χ3n) is 4.25. The standard InChI is InChI=1S/C17H18N2O4/c1-11-9-19(8-7-13(11)17(21)22)16(20)14-10-23-15(18-14)12-5-3-2-4-6-12/h2-6,10-11,13H,7-9H2,1H3,(H,21,22). The highest BCUT2D eigenvalue weighted by molar-refractivity contribution is 5.92. The number of aliphatic carboxylic acids is 1. The van der Waals surface area contributed by atoms with Crippen LogP contribution in [0.2, 0.25) is 0 Å². The van der Waals surface area contributed by atoms with Gasteiger partial charge in [-0.3, -0.25) is 9.59 Å². The number of carbonyl (C=O) groups is 2. The van der Waals surface area contributed by atoms with Crippen molar-refractivity contribution in [3.63, 3.8) is 0 Å². The fourth-order valence-electron chi connectivity index (χ4n) is 2.94. The summed E-state index contributed by atoms with van der Waals surface area (Å²) in [4.78, 5) is 29.6. The molecule has 6 nitrogen and oxygen atoms in total. The van der Waals surface area contributed by atoms with Crippen molar-refractivity contribution in [3.05, 3.63) is 42.3 Å². The van der Waals surface area contributed by atoms with Crippen LogP contribution in [-0.4, -0.2) is 40.0 Å². The fourth-order valence-corrected chi connectivity index (χ4v) is 2.94. The van der Waals surface area contributed by atoms with Crippen molar-refractivity contribution >= 4 is 11.9 Å². The molecular formula is C17H18N2O4. The van der Waals surface area contributed by atoms with Crippen molar-refractivity contribution in [1.29, 1.82) is 0 Å². The van der Waals surface area contributed by atoms with Crippen LogP contribution in [0.3, 0.4) is 0 Å². The van der Waals surface area contributed by atoms with Gasteiger partial charge in [-0.2, -0.15) is 0 Å². The molecule has 0 aliphatic carbocycles. The van der Waals surface area contributed by atoms with Crippen molar-refractivity contribution < 1.29 is 19.1 Å². The molecular weight excluding hydrogens is 296 g/mol. The predicted octanol–water partition coefficient (Wildman–Crippen LogP) is 2.52. The van der Waals surface area contributed by atoms with E-state index in [0.29, 0.717) is 25.4 Å². The van der Waals surface area contributed by atoms with Gasteiger partial charge in [0.15, 0.2) is 5.69 Å². The molecule has 1 fully saturated rings. The second-order valence-electron chi connectivity index (χ2n) is 5.87. The Balaban J connectivity index is 1.72. The zero-order valence-corrected chi connectivity index (χ0v) is 12.8. The molecule has 23 heavy (non-hydrogen) atoms. The number of hydrogen-bond acceptors (Lipinski definition) is 4. The number of aromatic nitrogens is 1. The maximum absolute atomic E-state index is 12.5. The lowest BCUT2D eigenvalue weighted by atomic mass is 9.87. The van der Waals surface area contributed by atoms with Gasteiger partial charge in [0, 0.05) is 18.7 Å². The van der Waals surface area contributed by atoms with E-state index in [1.54, 1.807) is 4.90 Å². The van der Waals surface area contributed by atoms with E-state index in [4.69, 9.17) is 9.52 Å². The predicted molar refractivity (Wildman–Crippen MR) is 82.7 cm³/mol. The minimum Gasteiger partial charge on any atom is -0.481 e. The molecule has 1 aromatic heterocycles. The van der Waals surface area contributed by atoms with Gasteiger partial charge in [-0.05, 0) is 24.5 Å². The van der Waals surface area contributed by atoms with Gasteiger partial charge in [0.25, 0.3) is 5.91 Å². The smallest absolute Gasteiger partial charge is 0.306 e. The lowest BCUT2D eigenvalue weighted by molar-refractivity contribution is -0.145. The second-order valence-corrected chi connectivity index (χ2v) is 5.87. The molecule has 0 bridgehead atoms. The van der Waals surface area contributed by atoms with Crippen molar-refractivity contribution in [2.45, 2.75) is 13.3 Å². The highest BCUT2D eigenvalue weighted by Crippen LogP contribution is 2.25. The summed E-state index contributed by atoms with van der Waals surface area (Å²) in [6.45, 7) is 2.70. The Kier molecular flexibility index (Phi) is 4.14. The summed E-state index contributed by atoms with van der Waals surface area (Å²) in [6, 6.07) is 9.37. The van der Waals surface area contributed by atoms with Crippen LogP contribution in [0.15, 0.2) is 41.0 Å². The van der Waals surface area contributed by atoms with E-state index in [-0.39, 0.29) is 17.5 Å². The van der Waals surface area contributed by atoms with Gasteiger partial charge < -0.3 is 14.4 Å². The number of piperidine rings is 1. The van der Waals surface area contributed by atoms with Crippen molar-refractivity contribution in [1.82, 2.24) is 9.88 Å². The van der Waals surface area contributed by atoms with Crippen LogP contribution in [-0.2, 0) is 4.79 Å². The molecule has 1 saturated heterocycles. The Morgan fingerprint density at radius 3 is 2.70 bits per heavy atom. The first kappa shape index (κ1) is 15.3. The molecule has 3 rings (SSSR count). The monoisotopic (exact) mass is 314 g/mol. The summed E-state index contributed by atoms with van der Waals surface area (Å²) >= 11 is 0. The number of hydrogen-bond donors (Lipinski definition) is 1. The quantitative estimate of drug-likeness (QED) is 0.941. The van der Waals surface area contributed by atoms with Crippen LogP contribution in [0.1, 0.15) is 23.8 Å². The lowest BCUT2D eigenvalue weighted by Crippen LogP contribution is -2.45. The molecule has 120 valence electrons. The van der Waals surface area contributed by atoms with E-state index in [9.17, 15) is 9.59 Å². The third kappa shape index (κ3) is 3.11. The van der Waals surface area contributed by atoms with E-state index in [1.165, 1.54) is 6.26 Å². The Labute approximate surface area is 133 Å². The molecule has 2 heterocycles. The van der Waals surface area contributed by atoms with Gasteiger partial charge in [0.05, 0.1) is 5.92 Å². The van der Waals surface area contributed by atoms with E-state index < -0.39 is 11.9 Å². The first-order chi connectivity index (χ1) is 11.1. The van der Waals surface area contributed by atoms with Crippen LogP contribution in [0.25, 0.3) is 11.5 Å². The molecule has 1 aliphatic heterocycles. The minimum atomic E-state index is -0.794. The van der Waals surface area contributed by atoms with Crippen LogP contribution < -0.4 is 0 Å². The minimum absolute atomic E-state index is 0.0781. The summed E-state index contributed by atoms with van der Waals surface area (Å²) in [6.07, 6.45) is 1.82. The number of likely N-dealkylation sites (tertiary alicyclic amines) is 1. The number of oxazole rings is 1. The molecule has 0 saturated carbocycles. The molecule has 2 aromatic rings. The van der Waals surface area contributed by atoms with E-state index in [0.717, 1.165) is 5.56 Å². The van der Waals surface area contributed by atoms with Gasteiger partial charge in [-0.1, -0.05) is 25.1 Å². The second kappa shape index (κ2) is 6.24. The number of amides is 1. The molecule has 1 amide bonds. The van der Waals surface area contributed by atoms with Gasteiger partial charge in [0.2, 0.25) is 5.89 Å². The normalized spacial score (nSPS) is 21.2. The zero-order valence-electron chi connectivity index (χ0n) is 12.8. The highest BCUT2D eigenvalue weighted by atomic mass is 16.4. The molecule has 0 spiro atoms. The first-order valence-electron chi connectivity index (χ1n) is 7.59. The largest absolute Gasteiger partial charge is 0.481 e. The average molecular weight is 314 g/mol. The summed E-state index contributed by atoms with van der Waals surface area (Å²) in [5.41, 5.74) is 1.06. The number of carbonyl (C=O) groups excluding carboxylic acids is 1. The maximum atomic E-state index is 12.5. The Morgan fingerprint density at radius 1 is 1.30 bits per heavy atom. The van der Waals surface area contributed by atoms with Crippen molar-refractivity contribution in [2.24, 2.45) is 11.8 Å². The Bertz CT molecular complexity index is 710. The SMILES string of the molecule is CC1CN(C(=O)c2coc(-c3ccccc3)n2)CCC1C(=O)O. The molecule has 1 aliphatic rings. The first-order valence-corrected chi connectivity index (χ1v) is 7.59. The third-order valence-corrected chi connectivity index (χ3v) is 4.25. The molecule has 2 atom stereocenters. The molecule has 2 unspecified atom stereocenters. The number of carboxylic acid groups (broad SMARTS) is 1. The van der Waals surface area contributed by atoms with Crippen molar-refractivity contribution in [3.8, 4) is 11.5 Å². The molecule has 1 N–H and O–H groups in total. The van der Waals surface area contributed by atoms with Crippen molar-refractivity contribution in [2.75, 3.05) is 13.1 Å². The van der Waals surface area contributed by atoms with Crippen LogP contribution in [0, 0.1) is 11.8 Å². The Hall–Kier alpha value is -2.63. The lowest BCUT2D eigenvalue weighted by Gasteiger charge is -2.34. The number of nitrogens with zero attached hydrogens (tertiary/aromatic N) is 2. The molecule has 0 radical (unpaired) electrons. The van der Waals surface area contributed by atoms with Crippen LogP contribution in [0.4, 0.5) is 0 Å². The van der Waals surface area contributed by atoms with Gasteiger partial charge in [-0.25, -0.2) is 4.98 Å². The summed E-state index contributed by atoms with van der Waals surface area (Å²) in [5.74, 6) is -1.08. The number of rotatable bonds is 3. The van der Waals surface area contributed by atoms with E-state index >= 15 is 0 Å². The van der Waals surface area contributed by atoms with Gasteiger partial charge in [-0.15, -0.1) is 0 Å². The summed E-state index contributed by atoms with van der Waals surface area (Å²) in [7, 11) is 0. The van der Waals surface area contributed by atoms with E-state index in [1.807, 2.05) is 37.3 Å². The average Bonchev–Trinajstić information content (AvgIpc) is 3.04. The number of carboxylic acids is 1. The Morgan fingerprint density at radius 2 is 2.04 bits per heavy atom. The summed E-state index contributed by atoms with van der Waals surface area (Å²) < 4.78 is 5.40. The van der Waals surface area contributed by atoms with Gasteiger partial charge in [0.1, 0.15) is 6.26 Å². The number of benzene rings is 1.